The van der Waals surface area contributed by atoms with Crippen LogP contribution in [0.25, 0.3) is 0 Å². The van der Waals surface area contributed by atoms with Crippen molar-refractivity contribution in [2.75, 3.05) is 13.2 Å². The van der Waals surface area contributed by atoms with Gasteiger partial charge >= 0.3 is 0 Å². The third-order valence-electron chi connectivity index (χ3n) is 3.99. The Labute approximate surface area is 126 Å². The summed E-state index contributed by atoms with van der Waals surface area (Å²) in [7, 11) is 2.04. The number of fused-ring (bicyclic) bond motifs is 1. The second-order valence-corrected chi connectivity index (χ2v) is 5.57. The molecule has 4 nitrogen and oxygen atoms in total. The summed E-state index contributed by atoms with van der Waals surface area (Å²) in [5.74, 6) is 2.09. The maximum absolute atomic E-state index is 5.98. The van der Waals surface area contributed by atoms with E-state index in [1.165, 1.54) is 11.1 Å². The van der Waals surface area contributed by atoms with Gasteiger partial charge in [0.2, 0.25) is 0 Å². The van der Waals surface area contributed by atoms with E-state index in [0.29, 0.717) is 0 Å². The molecule has 0 bridgehead atoms. The first-order chi connectivity index (χ1) is 10.3. The molecule has 0 saturated carbocycles. The van der Waals surface area contributed by atoms with Gasteiger partial charge in [0.25, 0.3) is 0 Å². The number of imidazole rings is 1. The Kier molecular flexibility index (Phi) is 4.25. The average Bonchev–Trinajstić information content (AvgIpc) is 2.94. The molecule has 21 heavy (non-hydrogen) atoms. The van der Waals surface area contributed by atoms with Crippen LogP contribution in [0.15, 0.2) is 30.6 Å². The number of nitrogens with zero attached hydrogens (tertiary/aromatic N) is 2. The molecule has 1 N–H and O–H groups in total. The van der Waals surface area contributed by atoms with E-state index in [4.69, 9.17) is 4.74 Å². The van der Waals surface area contributed by atoms with Gasteiger partial charge in [-0.1, -0.05) is 25.1 Å². The Balaban J connectivity index is 2.02. The van der Waals surface area contributed by atoms with E-state index in [1.54, 1.807) is 0 Å². The van der Waals surface area contributed by atoms with E-state index in [-0.39, 0.29) is 6.04 Å². The van der Waals surface area contributed by atoms with Crippen LogP contribution in [0.3, 0.4) is 0 Å². The number of ether oxygens (including phenoxy) is 1. The van der Waals surface area contributed by atoms with Crippen molar-refractivity contribution in [1.82, 2.24) is 14.9 Å². The summed E-state index contributed by atoms with van der Waals surface area (Å²) in [6.45, 7) is 3.95. The van der Waals surface area contributed by atoms with Crippen LogP contribution in [0, 0.1) is 0 Å². The van der Waals surface area contributed by atoms with Gasteiger partial charge in [-0.05, 0) is 31.4 Å². The third-order valence-corrected chi connectivity index (χ3v) is 3.99. The highest BCUT2D eigenvalue weighted by Crippen LogP contribution is 2.35. The molecule has 1 aliphatic heterocycles. The van der Waals surface area contributed by atoms with Crippen molar-refractivity contribution in [2.45, 2.75) is 32.2 Å². The van der Waals surface area contributed by atoms with Gasteiger partial charge in [0.1, 0.15) is 11.6 Å². The summed E-state index contributed by atoms with van der Waals surface area (Å²) < 4.78 is 8.06. The molecule has 0 spiro atoms. The Morgan fingerprint density at radius 3 is 3.10 bits per heavy atom. The van der Waals surface area contributed by atoms with Crippen molar-refractivity contribution in [3.05, 3.63) is 47.5 Å². The maximum Gasteiger partial charge on any atom is 0.130 e. The van der Waals surface area contributed by atoms with E-state index in [2.05, 4.69) is 40.0 Å². The number of aromatic nitrogens is 2. The number of para-hydroxylation sites is 1. The monoisotopic (exact) mass is 285 g/mol. The van der Waals surface area contributed by atoms with Crippen LogP contribution in [0.4, 0.5) is 0 Å². The van der Waals surface area contributed by atoms with Crippen LogP contribution < -0.4 is 10.1 Å². The van der Waals surface area contributed by atoms with Gasteiger partial charge in [0.05, 0.1) is 12.6 Å². The Hall–Kier alpha value is -1.81. The molecule has 1 aromatic heterocycles. The van der Waals surface area contributed by atoms with E-state index in [9.17, 15) is 0 Å². The minimum atomic E-state index is 0.0815. The molecular formula is C17H23N3O. The van der Waals surface area contributed by atoms with Gasteiger partial charge in [-0.25, -0.2) is 4.98 Å². The standard InChI is InChI=1S/C17H23N3O/c1-3-9-18-15(17-19-10-11-20(17)2)14-8-4-6-13-7-5-12-21-16(13)14/h4,6,8,10-11,15,18H,3,5,7,9,12H2,1-2H3. The molecule has 2 aromatic rings. The van der Waals surface area contributed by atoms with Crippen molar-refractivity contribution in [2.24, 2.45) is 7.05 Å². The highest BCUT2D eigenvalue weighted by Gasteiger charge is 2.24. The van der Waals surface area contributed by atoms with Crippen LogP contribution in [0.1, 0.15) is 42.8 Å². The van der Waals surface area contributed by atoms with E-state index >= 15 is 0 Å². The van der Waals surface area contributed by atoms with Crippen LogP contribution in [-0.4, -0.2) is 22.7 Å². The molecule has 0 amide bonds. The van der Waals surface area contributed by atoms with Crippen molar-refractivity contribution in [1.29, 1.82) is 0 Å². The van der Waals surface area contributed by atoms with E-state index in [0.717, 1.165) is 44.0 Å². The minimum absolute atomic E-state index is 0.0815. The molecule has 2 heterocycles. The summed E-state index contributed by atoms with van der Waals surface area (Å²) in [6.07, 6.45) is 7.14. The van der Waals surface area contributed by atoms with Gasteiger partial charge in [0.15, 0.2) is 0 Å². The summed E-state index contributed by atoms with van der Waals surface area (Å²) in [5, 5.41) is 3.62. The fraction of sp³-hybridized carbons (Fsp3) is 0.471. The van der Waals surface area contributed by atoms with Gasteiger partial charge < -0.3 is 14.6 Å². The second-order valence-electron chi connectivity index (χ2n) is 5.57. The Bertz CT molecular complexity index is 606. The van der Waals surface area contributed by atoms with Gasteiger partial charge in [-0.2, -0.15) is 0 Å². The van der Waals surface area contributed by atoms with Gasteiger partial charge in [0, 0.05) is 25.0 Å². The number of benzene rings is 1. The lowest BCUT2D eigenvalue weighted by Gasteiger charge is -2.25. The highest BCUT2D eigenvalue weighted by molar-refractivity contribution is 5.46. The molecule has 1 atom stereocenters. The van der Waals surface area contributed by atoms with E-state index in [1.807, 2.05) is 19.4 Å². The summed E-state index contributed by atoms with van der Waals surface area (Å²) in [4.78, 5) is 4.54. The summed E-state index contributed by atoms with van der Waals surface area (Å²) >= 11 is 0. The summed E-state index contributed by atoms with van der Waals surface area (Å²) in [6, 6.07) is 6.55. The van der Waals surface area contributed by atoms with Crippen LogP contribution in [0.2, 0.25) is 0 Å². The lowest BCUT2D eigenvalue weighted by atomic mass is 9.97. The molecule has 4 heteroatoms. The average molecular weight is 285 g/mol. The number of nitrogens with one attached hydrogen (secondary N) is 1. The molecule has 0 aliphatic carbocycles. The first-order valence-corrected chi connectivity index (χ1v) is 7.76. The molecule has 1 aromatic carbocycles. The van der Waals surface area contributed by atoms with Gasteiger partial charge in [-0.3, -0.25) is 0 Å². The smallest absolute Gasteiger partial charge is 0.130 e. The van der Waals surface area contributed by atoms with Crippen LogP contribution in [-0.2, 0) is 13.5 Å². The van der Waals surface area contributed by atoms with Crippen molar-refractivity contribution in [3.8, 4) is 5.75 Å². The Morgan fingerprint density at radius 1 is 1.43 bits per heavy atom. The largest absolute Gasteiger partial charge is 0.493 e. The molecule has 1 aliphatic rings. The molecule has 0 fully saturated rings. The first kappa shape index (κ1) is 14.1. The molecule has 0 radical (unpaired) electrons. The number of hydrogen-bond donors (Lipinski definition) is 1. The lowest BCUT2D eigenvalue weighted by Crippen LogP contribution is -2.27. The fourth-order valence-corrected chi connectivity index (χ4v) is 2.93. The normalized spacial score (nSPS) is 15.3. The first-order valence-electron chi connectivity index (χ1n) is 7.76. The minimum Gasteiger partial charge on any atom is -0.493 e. The van der Waals surface area contributed by atoms with Crippen molar-refractivity contribution >= 4 is 0 Å². The zero-order valence-electron chi connectivity index (χ0n) is 12.8. The van der Waals surface area contributed by atoms with E-state index < -0.39 is 0 Å². The molecule has 112 valence electrons. The van der Waals surface area contributed by atoms with Crippen molar-refractivity contribution < 1.29 is 4.74 Å². The maximum atomic E-state index is 5.98. The summed E-state index contributed by atoms with van der Waals surface area (Å²) in [5.41, 5.74) is 2.52. The lowest BCUT2D eigenvalue weighted by molar-refractivity contribution is 0.282. The number of rotatable bonds is 5. The zero-order valence-corrected chi connectivity index (χ0v) is 12.8. The number of hydrogen-bond acceptors (Lipinski definition) is 3. The van der Waals surface area contributed by atoms with Crippen LogP contribution in [0.5, 0.6) is 5.75 Å². The predicted octanol–water partition coefficient (Wildman–Crippen LogP) is 2.83. The SMILES string of the molecule is CCCNC(c1cccc2c1OCCC2)c1nccn1C. The topological polar surface area (TPSA) is 39.1 Å². The Morgan fingerprint density at radius 2 is 2.33 bits per heavy atom. The zero-order chi connectivity index (χ0) is 14.7. The fourth-order valence-electron chi connectivity index (χ4n) is 2.93. The van der Waals surface area contributed by atoms with Crippen LogP contribution >= 0.6 is 0 Å². The second kappa shape index (κ2) is 6.31. The quantitative estimate of drug-likeness (QED) is 0.918. The van der Waals surface area contributed by atoms with Crippen molar-refractivity contribution in [3.63, 3.8) is 0 Å². The predicted molar refractivity (Wildman–Crippen MR) is 83.6 cm³/mol. The molecule has 3 rings (SSSR count). The highest BCUT2D eigenvalue weighted by atomic mass is 16.5. The number of aryl methyl sites for hydroxylation is 2. The third kappa shape index (κ3) is 2.81. The van der Waals surface area contributed by atoms with Gasteiger partial charge in [-0.15, -0.1) is 0 Å². The molecule has 0 saturated heterocycles. The molecule has 1 unspecified atom stereocenters. The molecular weight excluding hydrogens is 262 g/mol.